The Hall–Kier alpha value is -1.10. The first-order chi connectivity index (χ1) is 7.33. The molecular formula is C11H20N2O3. The molecule has 1 aliphatic heterocycles. The summed E-state index contributed by atoms with van der Waals surface area (Å²) in [6, 6.07) is 0. The average Bonchev–Trinajstić information content (AvgIpc) is 2.46. The van der Waals surface area contributed by atoms with Crippen molar-refractivity contribution in [1.82, 2.24) is 4.90 Å². The molecule has 5 nitrogen and oxygen atoms in total. The maximum absolute atomic E-state index is 11.7. The number of hydrogen-bond donors (Lipinski definition) is 1. The van der Waals surface area contributed by atoms with E-state index >= 15 is 0 Å². The molecule has 1 unspecified atom stereocenters. The SMILES string of the molecule is CCOC1CN(C(=O)OC(C)(C)C)CC1=N. The fourth-order valence-corrected chi connectivity index (χ4v) is 1.50. The second-order valence-electron chi connectivity index (χ2n) is 4.83. The van der Waals surface area contributed by atoms with Gasteiger partial charge in [0.25, 0.3) is 0 Å². The summed E-state index contributed by atoms with van der Waals surface area (Å²) in [4.78, 5) is 13.2. The van der Waals surface area contributed by atoms with E-state index < -0.39 is 5.60 Å². The molecule has 0 bridgehead atoms. The van der Waals surface area contributed by atoms with Crippen LogP contribution < -0.4 is 0 Å². The number of ether oxygens (including phenoxy) is 2. The summed E-state index contributed by atoms with van der Waals surface area (Å²) in [6.45, 7) is 8.63. The molecule has 0 aromatic carbocycles. The van der Waals surface area contributed by atoms with Crippen LogP contribution in [0.2, 0.25) is 0 Å². The van der Waals surface area contributed by atoms with Crippen molar-refractivity contribution in [2.75, 3.05) is 19.7 Å². The highest BCUT2D eigenvalue weighted by Crippen LogP contribution is 2.15. The third kappa shape index (κ3) is 3.48. The number of rotatable bonds is 2. The van der Waals surface area contributed by atoms with E-state index in [0.717, 1.165) is 0 Å². The molecule has 1 atom stereocenters. The third-order valence-corrected chi connectivity index (χ3v) is 2.16. The molecule has 0 aliphatic carbocycles. The van der Waals surface area contributed by atoms with Crippen molar-refractivity contribution in [3.63, 3.8) is 0 Å². The fraction of sp³-hybridized carbons (Fsp3) is 0.818. The topological polar surface area (TPSA) is 62.6 Å². The summed E-state index contributed by atoms with van der Waals surface area (Å²) in [5.41, 5.74) is -0.0594. The molecular weight excluding hydrogens is 208 g/mol. The van der Waals surface area contributed by atoms with Crippen molar-refractivity contribution in [3.8, 4) is 0 Å². The van der Waals surface area contributed by atoms with E-state index in [0.29, 0.717) is 25.4 Å². The maximum atomic E-state index is 11.7. The van der Waals surface area contributed by atoms with E-state index in [4.69, 9.17) is 14.9 Å². The molecule has 1 saturated heterocycles. The Kier molecular flexibility index (Phi) is 3.91. The molecule has 0 saturated carbocycles. The normalized spacial score (nSPS) is 21.4. The van der Waals surface area contributed by atoms with Gasteiger partial charge in [-0.3, -0.25) is 4.90 Å². The van der Waals surface area contributed by atoms with Crippen LogP contribution in [0.1, 0.15) is 27.7 Å². The van der Waals surface area contributed by atoms with E-state index in [-0.39, 0.29) is 12.2 Å². The monoisotopic (exact) mass is 228 g/mol. The van der Waals surface area contributed by atoms with Gasteiger partial charge >= 0.3 is 6.09 Å². The molecule has 1 heterocycles. The average molecular weight is 228 g/mol. The number of nitrogens with zero attached hydrogens (tertiary/aromatic N) is 1. The van der Waals surface area contributed by atoms with Gasteiger partial charge in [0.05, 0.1) is 18.8 Å². The number of amides is 1. The summed E-state index contributed by atoms with van der Waals surface area (Å²) >= 11 is 0. The van der Waals surface area contributed by atoms with E-state index in [1.165, 1.54) is 4.90 Å². The van der Waals surface area contributed by atoms with E-state index in [1.807, 2.05) is 27.7 Å². The number of nitrogens with one attached hydrogen (secondary N) is 1. The summed E-state index contributed by atoms with van der Waals surface area (Å²) < 4.78 is 10.6. The zero-order valence-corrected chi connectivity index (χ0v) is 10.4. The van der Waals surface area contributed by atoms with Gasteiger partial charge in [0.2, 0.25) is 0 Å². The Bertz CT molecular complexity index is 283. The lowest BCUT2D eigenvalue weighted by molar-refractivity contribution is 0.0231. The highest BCUT2D eigenvalue weighted by Gasteiger charge is 2.33. The first-order valence-electron chi connectivity index (χ1n) is 5.50. The number of carbonyl (C=O) groups excluding carboxylic acids is 1. The summed E-state index contributed by atoms with van der Waals surface area (Å²) in [6.07, 6.45) is -0.642. The van der Waals surface area contributed by atoms with Crippen molar-refractivity contribution in [2.24, 2.45) is 0 Å². The Morgan fingerprint density at radius 1 is 1.56 bits per heavy atom. The molecule has 0 spiro atoms. The number of hydrogen-bond acceptors (Lipinski definition) is 4. The van der Waals surface area contributed by atoms with Gasteiger partial charge in [-0.2, -0.15) is 0 Å². The molecule has 1 aliphatic rings. The van der Waals surface area contributed by atoms with Crippen LogP contribution in [0.4, 0.5) is 4.79 Å². The van der Waals surface area contributed by atoms with Crippen molar-refractivity contribution in [2.45, 2.75) is 39.4 Å². The first kappa shape index (κ1) is 13.0. The van der Waals surface area contributed by atoms with Crippen LogP contribution in [0.25, 0.3) is 0 Å². The number of likely N-dealkylation sites (tertiary alicyclic amines) is 1. The van der Waals surface area contributed by atoms with Crippen LogP contribution in [0.3, 0.4) is 0 Å². The summed E-state index contributed by atoms with van der Waals surface area (Å²) in [5, 5.41) is 7.69. The zero-order valence-electron chi connectivity index (χ0n) is 10.4. The van der Waals surface area contributed by atoms with Crippen molar-refractivity contribution < 1.29 is 14.3 Å². The van der Waals surface area contributed by atoms with Gasteiger partial charge in [-0.1, -0.05) is 0 Å². The highest BCUT2D eigenvalue weighted by atomic mass is 16.6. The van der Waals surface area contributed by atoms with Crippen molar-refractivity contribution in [1.29, 1.82) is 5.41 Å². The van der Waals surface area contributed by atoms with Crippen LogP contribution in [0, 0.1) is 5.41 Å². The standard InChI is InChI=1S/C11H20N2O3/c1-5-15-9-7-13(6-8(9)12)10(14)16-11(2,3)4/h9,12H,5-7H2,1-4H3. The quantitative estimate of drug-likeness (QED) is 0.781. The molecule has 1 N–H and O–H groups in total. The van der Waals surface area contributed by atoms with Gasteiger partial charge in [-0.05, 0) is 27.7 Å². The molecule has 0 aromatic rings. The minimum Gasteiger partial charge on any atom is -0.444 e. The molecule has 1 amide bonds. The second-order valence-corrected chi connectivity index (χ2v) is 4.83. The Labute approximate surface area is 96.2 Å². The minimum atomic E-state index is -0.497. The first-order valence-corrected chi connectivity index (χ1v) is 5.50. The molecule has 1 fully saturated rings. The van der Waals surface area contributed by atoms with Gasteiger partial charge in [-0.25, -0.2) is 4.79 Å². The maximum Gasteiger partial charge on any atom is 0.410 e. The second kappa shape index (κ2) is 4.82. The molecule has 5 heteroatoms. The van der Waals surface area contributed by atoms with Crippen LogP contribution in [0.5, 0.6) is 0 Å². The van der Waals surface area contributed by atoms with Crippen LogP contribution in [-0.2, 0) is 9.47 Å². The minimum absolute atomic E-state index is 0.266. The predicted molar refractivity (Wildman–Crippen MR) is 60.9 cm³/mol. The van der Waals surface area contributed by atoms with Crippen LogP contribution in [0.15, 0.2) is 0 Å². The summed E-state index contributed by atoms with van der Waals surface area (Å²) in [5.74, 6) is 0. The molecule has 16 heavy (non-hydrogen) atoms. The molecule has 0 radical (unpaired) electrons. The van der Waals surface area contributed by atoms with Gasteiger partial charge in [0, 0.05) is 6.61 Å². The molecule has 92 valence electrons. The van der Waals surface area contributed by atoms with Gasteiger partial charge in [0.15, 0.2) is 0 Å². The smallest absolute Gasteiger partial charge is 0.410 e. The zero-order chi connectivity index (χ0) is 12.3. The number of carbonyl (C=O) groups is 1. The Morgan fingerprint density at radius 2 is 2.19 bits per heavy atom. The van der Waals surface area contributed by atoms with E-state index in [1.54, 1.807) is 0 Å². The van der Waals surface area contributed by atoms with Crippen molar-refractivity contribution >= 4 is 11.8 Å². The Balaban J connectivity index is 2.52. The largest absolute Gasteiger partial charge is 0.444 e. The van der Waals surface area contributed by atoms with Crippen LogP contribution >= 0.6 is 0 Å². The third-order valence-electron chi connectivity index (χ3n) is 2.16. The van der Waals surface area contributed by atoms with Gasteiger partial charge in [-0.15, -0.1) is 0 Å². The van der Waals surface area contributed by atoms with E-state index in [2.05, 4.69) is 0 Å². The molecule has 1 rings (SSSR count). The predicted octanol–water partition coefficient (Wildman–Crippen LogP) is 1.66. The molecule has 0 aromatic heterocycles. The van der Waals surface area contributed by atoms with Crippen LogP contribution in [-0.4, -0.2) is 48.1 Å². The fourth-order valence-electron chi connectivity index (χ4n) is 1.50. The Morgan fingerprint density at radius 3 is 2.69 bits per heavy atom. The van der Waals surface area contributed by atoms with Gasteiger partial charge in [0.1, 0.15) is 11.7 Å². The van der Waals surface area contributed by atoms with E-state index in [9.17, 15) is 4.79 Å². The van der Waals surface area contributed by atoms with Crippen molar-refractivity contribution in [3.05, 3.63) is 0 Å². The highest BCUT2D eigenvalue weighted by molar-refractivity contribution is 5.93. The van der Waals surface area contributed by atoms with Gasteiger partial charge < -0.3 is 14.9 Å². The lowest BCUT2D eigenvalue weighted by Gasteiger charge is -2.24. The lowest BCUT2D eigenvalue weighted by atomic mass is 10.2. The lowest BCUT2D eigenvalue weighted by Crippen LogP contribution is -2.36. The summed E-state index contributed by atoms with van der Waals surface area (Å²) in [7, 11) is 0.